The number of carbonyl (C=O) groups is 2. The fraction of sp³-hybridized carbons (Fsp3) is 0.300. The first kappa shape index (κ1) is 22.6. The van der Waals surface area contributed by atoms with Crippen molar-refractivity contribution in [3.05, 3.63) is 63.4 Å². The number of nitro groups is 1. The first-order valence-corrected chi connectivity index (χ1v) is 9.92. The van der Waals surface area contributed by atoms with E-state index in [1.807, 2.05) is 9.80 Å². The fourth-order valence-corrected chi connectivity index (χ4v) is 3.36. The summed E-state index contributed by atoms with van der Waals surface area (Å²) in [5.41, 5.74) is 0.353. The number of benzene rings is 2. The number of amides is 2. The topological polar surface area (TPSA) is 108 Å². The summed E-state index contributed by atoms with van der Waals surface area (Å²) in [6.45, 7) is 2.58. The molecule has 3 rings (SSSR count). The van der Waals surface area contributed by atoms with Gasteiger partial charge in [0.25, 0.3) is 5.69 Å². The van der Waals surface area contributed by atoms with Gasteiger partial charge in [0.1, 0.15) is 11.5 Å². The van der Waals surface area contributed by atoms with Gasteiger partial charge in [0, 0.05) is 43.0 Å². The van der Waals surface area contributed by atoms with E-state index in [0.717, 1.165) is 0 Å². The van der Waals surface area contributed by atoms with Crippen molar-refractivity contribution in [3.63, 3.8) is 0 Å². The zero-order valence-corrected chi connectivity index (χ0v) is 17.3. The molecule has 2 aromatic carbocycles. The Morgan fingerprint density at radius 3 is 2.06 bits per heavy atom. The summed E-state index contributed by atoms with van der Waals surface area (Å²) in [5.74, 6) is -0.940. The van der Waals surface area contributed by atoms with E-state index in [9.17, 15) is 24.1 Å². The minimum Gasteiger partial charge on any atom is -0.325 e. The van der Waals surface area contributed by atoms with Crippen LogP contribution in [0.3, 0.4) is 0 Å². The van der Waals surface area contributed by atoms with Crippen LogP contribution in [0, 0.1) is 15.9 Å². The molecule has 0 bridgehead atoms. The van der Waals surface area contributed by atoms with Crippen molar-refractivity contribution in [2.45, 2.75) is 0 Å². The van der Waals surface area contributed by atoms with Crippen LogP contribution in [0.1, 0.15) is 0 Å². The van der Waals surface area contributed by atoms with Crippen LogP contribution in [-0.2, 0) is 9.59 Å². The van der Waals surface area contributed by atoms with Gasteiger partial charge in [-0.1, -0.05) is 11.6 Å². The molecule has 0 radical (unpaired) electrons. The Labute approximate surface area is 182 Å². The number of carbonyl (C=O) groups excluding carboxylic acids is 2. The molecule has 0 aliphatic carbocycles. The number of rotatable bonds is 7. The number of piperazine rings is 1. The SMILES string of the molecule is O=C(CN1CCN(CC(=O)Nc2ccc(Cl)cc2[N+](=O)[O-])CC1)Nc1ccc(F)cc1. The Bertz CT molecular complexity index is 965. The highest BCUT2D eigenvalue weighted by Gasteiger charge is 2.22. The normalized spacial score (nSPS) is 14.8. The number of halogens is 2. The zero-order valence-electron chi connectivity index (χ0n) is 16.5. The van der Waals surface area contributed by atoms with E-state index in [0.29, 0.717) is 31.9 Å². The summed E-state index contributed by atoms with van der Waals surface area (Å²) in [6.07, 6.45) is 0. The lowest BCUT2D eigenvalue weighted by Gasteiger charge is -2.33. The van der Waals surface area contributed by atoms with E-state index >= 15 is 0 Å². The minimum atomic E-state index is -0.600. The summed E-state index contributed by atoms with van der Waals surface area (Å²) < 4.78 is 12.9. The average molecular weight is 450 g/mol. The molecule has 11 heteroatoms. The Kier molecular flexibility index (Phi) is 7.50. The zero-order chi connectivity index (χ0) is 22.4. The second-order valence-corrected chi connectivity index (χ2v) is 7.51. The van der Waals surface area contributed by atoms with Crippen molar-refractivity contribution >= 4 is 40.5 Å². The van der Waals surface area contributed by atoms with E-state index in [4.69, 9.17) is 11.6 Å². The van der Waals surface area contributed by atoms with Crippen LogP contribution in [0.4, 0.5) is 21.5 Å². The first-order valence-electron chi connectivity index (χ1n) is 9.54. The third kappa shape index (κ3) is 6.71. The molecular formula is C20H21ClFN5O4. The van der Waals surface area contributed by atoms with Crippen molar-refractivity contribution in [2.24, 2.45) is 0 Å². The van der Waals surface area contributed by atoms with Crippen LogP contribution < -0.4 is 10.6 Å². The van der Waals surface area contributed by atoms with Crippen molar-refractivity contribution in [1.82, 2.24) is 9.80 Å². The molecule has 0 spiro atoms. The van der Waals surface area contributed by atoms with Crippen LogP contribution in [0.25, 0.3) is 0 Å². The van der Waals surface area contributed by atoms with E-state index in [1.54, 1.807) is 0 Å². The summed E-state index contributed by atoms with van der Waals surface area (Å²) >= 11 is 5.78. The van der Waals surface area contributed by atoms with Gasteiger partial charge in [-0.15, -0.1) is 0 Å². The number of hydrogen-bond acceptors (Lipinski definition) is 6. The molecule has 164 valence electrons. The highest BCUT2D eigenvalue weighted by atomic mass is 35.5. The van der Waals surface area contributed by atoms with Gasteiger partial charge in [-0.3, -0.25) is 29.5 Å². The van der Waals surface area contributed by atoms with E-state index in [-0.39, 0.29) is 47.1 Å². The standard InChI is InChI=1S/C20H21ClFN5O4/c21-14-1-6-17(18(11-14)27(30)31)24-20(29)13-26-9-7-25(8-10-26)12-19(28)23-16-4-2-15(22)3-5-16/h1-6,11H,7-10,12-13H2,(H,23,28)(H,24,29). The quantitative estimate of drug-likeness (QED) is 0.497. The van der Waals surface area contributed by atoms with E-state index in [1.165, 1.54) is 42.5 Å². The van der Waals surface area contributed by atoms with Gasteiger partial charge in [-0.25, -0.2) is 4.39 Å². The maximum Gasteiger partial charge on any atom is 0.294 e. The predicted octanol–water partition coefficient (Wildman–Crippen LogP) is 2.58. The third-order valence-electron chi connectivity index (χ3n) is 4.76. The lowest BCUT2D eigenvalue weighted by molar-refractivity contribution is -0.383. The van der Waals surface area contributed by atoms with E-state index < -0.39 is 4.92 Å². The molecule has 1 aliphatic rings. The summed E-state index contributed by atoms with van der Waals surface area (Å²) in [5, 5.41) is 16.6. The van der Waals surface area contributed by atoms with Crippen molar-refractivity contribution in [3.8, 4) is 0 Å². The van der Waals surface area contributed by atoms with Crippen molar-refractivity contribution in [2.75, 3.05) is 49.9 Å². The van der Waals surface area contributed by atoms with Gasteiger partial charge in [0.2, 0.25) is 11.8 Å². The van der Waals surface area contributed by atoms with Crippen LogP contribution in [0.5, 0.6) is 0 Å². The van der Waals surface area contributed by atoms with Crippen LogP contribution in [-0.4, -0.2) is 65.8 Å². The second kappa shape index (κ2) is 10.3. The predicted molar refractivity (Wildman–Crippen MR) is 115 cm³/mol. The average Bonchev–Trinajstić information content (AvgIpc) is 2.72. The molecule has 0 aromatic heterocycles. The molecule has 1 saturated heterocycles. The van der Waals surface area contributed by atoms with Gasteiger partial charge >= 0.3 is 0 Å². The smallest absolute Gasteiger partial charge is 0.294 e. The fourth-order valence-electron chi connectivity index (χ4n) is 3.20. The number of nitrogens with one attached hydrogen (secondary N) is 2. The van der Waals surface area contributed by atoms with Gasteiger partial charge in [0.15, 0.2) is 0 Å². The molecule has 1 fully saturated rings. The molecule has 2 amide bonds. The molecular weight excluding hydrogens is 429 g/mol. The number of hydrogen-bond donors (Lipinski definition) is 2. The Morgan fingerprint density at radius 1 is 0.968 bits per heavy atom. The van der Waals surface area contributed by atoms with Gasteiger partial charge in [-0.05, 0) is 36.4 Å². The molecule has 2 N–H and O–H groups in total. The van der Waals surface area contributed by atoms with Crippen LogP contribution in [0.15, 0.2) is 42.5 Å². The van der Waals surface area contributed by atoms with Crippen molar-refractivity contribution < 1.29 is 18.9 Å². The molecule has 9 nitrogen and oxygen atoms in total. The lowest BCUT2D eigenvalue weighted by atomic mass is 10.2. The lowest BCUT2D eigenvalue weighted by Crippen LogP contribution is -2.50. The minimum absolute atomic E-state index is 0.0788. The number of nitro benzene ring substituents is 1. The maximum absolute atomic E-state index is 12.9. The molecule has 0 saturated carbocycles. The van der Waals surface area contributed by atoms with Gasteiger partial charge < -0.3 is 10.6 Å². The number of anilines is 2. The highest BCUT2D eigenvalue weighted by Crippen LogP contribution is 2.27. The highest BCUT2D eigenvalue weighted by molar-refractivity contribution is 6.31. The third-order valence-corrected chi connectivity index (χ3v) is 4.99. The Balaban J connectivity index is 1.43. The first-order chi connectivity index (χ1) is 14.8. The largest absolute Gasteiger partial charge is 0.325 e. The summed E-state index contributed by atoms with van der Waals surface area (Å²) in [7, 11) is 0. The molecule has 31 heavy (non-hydrogen) atoms. The molecule has 0 unspecified atom stereocenters. The van der Waals surface area contributed by atoms with Crippen LogP contribution in [0.2, 0.25) is 5.02 Å². The molecule has 1 aliphatic heterocycles. The van der Waals surface area contributed by atoms with Gasteiger partial charge in [0.05, 0.1) is 18.0 Å². The molecule has 0 atom stereocenters. The number of nitrogens with zero attached hydrogens (tertiary/aromatic N) is 3. The van der Waals surface area contributed by atoms with Gasteiger partial charge in [-0.2, -0.15) is 0 Å². The molecule has 1 heterocycles. The van der Waals surface area contributed by atoms with Crippen molar-refractivity contribution in [1.29, 1.82) is 0 Å². The maximum atomic E-state index is 12.9. The van der Waals surface area contributed by atoms with Crippen LogP contribution >= 0.6 is 11.6 Å². The molecule has 2 aromatic rings. The Morgan fingerprint density at radius 2 is 1.52 bits per heavy atom. The summed E-state index contributed by atoms with van der Waals surface area (Å²) in [6, 6.07) is 9.60. The monoisotopic (exact) mass is 449 g/mol. The summed E-state index contributed by atoms with van der Waals surface area (Å²) in [4.78, 5) is 38.9. The Hall–Kier alpha value is -3.08. The van der Waals surface area contributed by atoms with E-state index in [2.05, 4.69) is 10.6 Å². The second-order valence-electron chi connectivity index (χ2n) is 7.07.